The number of rotatable bonds is 1. The first-order valence-electron chi connectivity index (χ1n) is 5.75. The maximum absolute atomic E-state index is 5.36. The molecular formula is C11H13BN4O. The van der Waals surface area contributed by atoms with Crippen LogP contribution in [0.2, 0.25) is 0 Å². The van der Waals surface area contributed by atoms with Gasteiger partial charge in [-0.25, -0.2) is 9.97 Å². The molecule has 0 bridgehead atoms. The van der Waals surface area contributed by atoms with Crippen molar-refractivity contribution >= 4 is 30.3 Å². The van der Waals surface area contributed by atoms with E-state index in [1.54, 1.807) is 6.20 Å². The molecule has 1 aliphatic heterocycles. The number of aromatic nitrogens is 3. The van der Waals surface area contributed by atoms with Gasteiger partial charge in [-0.1, -0.05) is 0 Å². The fourth-order valence-corrected chi connectivity index (χ4v) is 2.09. The lowest BCUT2D eigenvalue weighted by molar-refractivity contribution is 0.122. The Kier molecular flexibility index (Phi) is 2.64. The van der Waals surface area contributed by atoms with Crippen LogP contribution < -0.4 is 10.6 Å². The van der Waals surface area contributed by atoms with Gasteiger partial charge in [-0.2, -0.15) is 0 Å². The number of hydrogen-bond donors (Lipinski definition) is 0. The lowest BCUT2D eigenvalue weighted by Gasteiger charge is -2.28. The van der Waals surface area contributed by atoms with Gasteiger partial charge in [-0.3, -0.25) is 4.98 Å². The Morgan fingerprint density at radius 2 is 2.06 bits per heavy atom. The third-order valence-electron chi connectivity index (χ3n) is 2.90. The molecule has 0 radical (unpaired) electrons. The Hall–Kier alpha value is -1.69. The molecule has 0 aromatic carbocycles. The van der Waals surface area contributed by atoms with E-state index in [0.717, 1.165) is 48.7 Å². The summed E-state index contributed by atoms with van der Waals surface area (Å²) in [5, 5.41) is 1.01. The summed E-state index contributed by atoms with van der Waals surface area (Å²) >= 11 is 0. The van der Waals surface area contributed by atoms with Crippen molar-refractivity contribution in [2.24, 2.45) is 0 Å². The molecule has 0 aliphatic carbocycles. The molecule has 0 saturated carbocycles. The minimum atomic E-state index is 0.755. The largest absolute Gasteiger partial charge is 0.378 e. The van der Waals surface area contributed by atoms with Crippen LogP contribution in [-0.2, 0) is 4.74 Å². The molecule has 3 heterocycles. The van der Waals surface area contributed by atoms with Gasteiger partial charge in [0.15, 0.2) is 7.85 Å². The van der Waals surface area contributed by atoms with Gasteiger partial charge in [0.1, 0.15) is 5.82 Å². The van der Waals surface area contributed by atoms with Crippen molar-refractivity contribution in [2.75, 3.05) is 31.2 Å². The fourth-order valence-electron chi connectivity index (χ4n) is 2.09. The van der Waals surface area contributed by atoms with Gasteiger partial charge in [0, 0.05) is 25.5 Å². The quantitative estimate of drug-likeness (QED) is 0.593. The summed E-state index contributed by atoms with van der Waals surface area (Å²) in [5.74, 6) is 0.976. The molecule has 6 heteroatoms. The molecule has 0 spiro atoms. The van der Waals surface area contributed by atoms with Crippen molar-refractivity contribution in [1.29, 1.82) is 0 Å². The monoisotopic (exact) mass is 228 g/mol. The predicted octanol–water partition coefficient (Wildman–Crippen LogP) is -0.880. The third-order valence-corrected chi connectivity index (χ3v) is 2.90. The van der Waals surface area contributed by atoms with Crippen LogP contribution in [0, 0.1) is 0 Å². The minimum Gasteiger partial charge on any atom is -0.378 e. The first-order valence-corrected chi connectivity index (χ1v) is 5.75. The van der Waals surface area contributed by atoms with Gasteiger partial charge < -0.3 is 9.64 Å². The highest BCUT2D eigenvalue weighted by molar-refractivity contribution is 6.29. The van der Waals surface area contributed by atoms with Crippen LogP contribution in [0.4, 0.5) is 5.82 Å². The van der Waals surface area contributed by atoms with Gasteiger partial charge in [-0.15, -0.1) is 0 Å². The van der Waals surface area contributed by atoms with Crippen molar-refractivity contribution in [3.63, 3.8) is 0 Å². The maximum Gasteiger partial charge on any atom is 0.189 e. The van der Waals surface area contributed by atoms with Crippen molar-refractivity contribution in [2.45, 2.75) is 0 Å². The molecule has 0 unspecified atom stereocenters. The first kappa shape index (κ1) is 10.5. The van der Waals surface area contributed by atoms with Gasteiger partial charge >= 0.3 is 0 Å². The molecule has 86 valence electrons. The van der Waals surface area contributed by atoms with E-state index in [0.29, 0.717) is 0 Å². The average Bonchev–Trinajstić information content (AvgIpc) is 2.39. The lowest BCUT2D eigenvalue weighted by Crippen LogP contribution is -2.38. The fraction of sp³-hybridized carbons (Fsp3) is 0.364. The lowest BCUT2D eigenvalue weighted by atomic mass is 10.1. The standard InChI is InChI=1S/C11H13BN4O/c12-11-14-9-1-2-13-7-8(9)10(15-11)16-3-5-17-6-4-16/h1-2,7H,3-6,12H2. The van der Waals surface area contributed by atoms with Crippen LogP contribution in [-0.4, -0.2) is 49.1 Å². The van der Waals surface area contributed by atoms with Crippen LogP contribution in [0.1, 0.15) is 0 Å². The molecule has 1 fully saturated rings. The summed E-state index contributed by atoms with van der Waals surface area (Å²) < 4.78 is 5.36. The summed E-state index contributed by atoms with van der Waals surface area (Å²) in [6.07, 6.45) is 3.59. The van der Waals surface area contributed by atoms with Crippen LogP contribution in [0.3, 0.4) is 0 Å². The van der Waals surface area contributed by atoms with Gasteiger partial charge in [0.05, 0.1) is 29.8 Å². The normalized spacial score (nSPS) is 16.4. The summed E-state index contributed by atoms with van der Waals surface area (Å²) in [6, 6.07) is 1.92. The third kappa shape index (κ3) is 1.96. The van der Waals surface area contributed by atoms with Crippen LogP contribution >= 0.6 is 0 Å². The molecule has 2 aromatic rings. The van der Waals surface area contributed by atoms with Crippen molar-refractivity contribution in [3.8, 4) is 0 Å². The number of morpholine rings is 1. The van der Waals surface area contributed by atoms with Crippen LogP contribution in [0.5, 0.6) is 0 Å². The second kappa shape index (κ2) is 4.29. The van der Waals surface area contributed by atoms with Crippen LogP contribution in [0.15, 0.2) is 18.5 Å². The van der Waals surface area contributed by atoms with E-state index in [1.807, 2.05) is 20.1 Å². The zero-order valence-corrected chi connectivity index (χ0v) is 9.76. The second-order valence-corrected chi connectivity index (χ2v) is 4.09. The number of ether oxygens (including phenoxy) is 1. The summed E-state index contributed by atoms with van der Waals surface area (Å²) in [7, 11) is 1.92. The van der Waals surface area contributed by atoms with Gasteiger partial charge in [0.25, 0.3) is 0 Å². The molecule has 0 N–H and O–H groups in total. The Balaban J connectivity index is 2.13. The minimum absolute atomic E-state index is 0.755. The summed E-state index contributed by atoms with van der Waals surface area (Å²) in [4.78, 5) is 15.4. The van der Waals surface area contributed by atoms with E-state index in [4.69, 9.17) is 4.74 Å². The molecule has 3 rings (SSSR count). The molecule has 0 atom stereocenters. The number of nitrogens with zero attached hydrogens (tertiary/aromatic N) is 4. The molecular weight excluding hydrogens is 215 g/mol. The Bertz CT molecular complexity index is 542. The van der Waals surface area contributed by atoms with E-state index in [1.165, 1.54) is 0 Å². The molecule has 0 amide bonds. The number of hydrogen-bond acceptors (Lipinski definition) is 5. The molecule has 1 saturated heterocycles. The van der Waals surface area contributed by atoms with E-state index in [9.17, 15) is 0 Å². The van der Waals surface area contributed by atoms with Crippen molar-refractivity contribution < 1.29 is 4.74 Å². The Labute approximate surface area is 100 Å². The van der Waals surface area contributed by atoms with E-state index in [2.05, 4.69) is 19.9 Å². The van der Waals surface area contributed by atoms with E-state index >= 15 is 0 Å². The molecule has 2 aromatic heterocycles. The Morgan fingerprint density at radius 3 is 2.88 bits per heavy atom. The molecule has 1 aliphatic rings. The first-order chi connectivity index (χ1) is 8.34. The number of pyridine rings is 1. The second-order valence-electron chi connectivity index (χ2n) is 4.09. The summed E-state index contributed by atoms with van der Waals surface area (Å²) in [5.41, 5.74) is 1.75. The smallest absolute Gasteiger partial charge is 0.189 e. The highest BCUT2D eigenvalue weighted by atomic mass is 16.5. The van der Waals surface area contributed by atoms with Gasteiger partial charge in [0.2, 0.25) is 0 Å². The van der Waals surface area contributed by atoms with Gasteiger partial charge in [-0.05, 0) is 6.07 Å². The highest BCUT2D eigenvalue weighted by Gasteiger charge is 2.16. The highest BCUT2D eigenvalue weighted by Crippen LogP contribution is 2.21. The zero-order valence-electron chi connectivity index (χ0n) is 9.76. The number of anilines is 1. The van der Waals surface area contributed by atoms with Crippen LogP contribution in [0.25, 0.3) is 10.9 Å². The Morgan fingerprint density at radius 1 is 1.24 bits per heavy atom. The SMILES string of the molecule is Bc1nc(N2CCOCC2)c2cnccc2n1. The average molecular weight is 228 g/mol. The molecule has 17 heavy (non-hydrogen) atoms. The van der Waals surface area contributed by atoms with E-state index < -0.39 is 0 Å². The maximum atomic E-state index is 5.36. The molecule has 5 nitrogen and oxygen atoms in total. The summed E-state index contributed by atoms with van der Waals surface area (Å²) in [6.45, 7) is 3.26. The van der Waals surface area contributed by atoms with Crippen molar-refractivity contribution in [3.05, 3.63) is 18.5 Å². The number of fused-ring (bicyclic) bond motifs is 1. The van der Waals surface area contributed by atoms with E-state index in [-0.39, 0.29) is 0 Å². The zero-order chi connectivity index (χ0) is 11.7. The predicted molar refractivity (Wildman–Crippen MR) is 68.5 cm³/mol. The topological polar surface area (TPSA) is 51.1 Å². The van der Waals surface area contributed by atoms with Crippen molar-refractivity contribution in [1.82, 2.24) is 15.0 Å².